The van der Waals surface area contributed by atoms with E-state index in [4.69, 9.17) is 24.4 Å². The van der Waals surface area contributed by atoms with Crippen LogP contribution in [0.25, 0.3) is 27.8 Å². The molecular weight excluding hydrogens is 1330 g/mol. The van der Waals surface area contributed by atoms with Crippen molar-refractivity contribution in [1.29, 1.82) is 0 Å². The smallest absolute Gasteiger partial charge is 0.407 e. The molecule has 6 N–H and O–H groups in total. The number of halogens is 1. The number of nitrogens with one attached hydrogen (secondary N) is 5. The fourth-order valence-electron chi connectivity index (χ4n) is 9.23. The van der Waals surface area contributed by atoms with Crippen molar-refractivity contribution in [2.45, 2.75) is 146 Å². The van der Waals surface area contributed by atoms with Crippen LogP contribution in [-0.2, 0) is 54.8 Å². The van der Waals surface area contributed by atoms with E-state index in [1.54, 1.807) is 80.1 Å². The second-order valence-corrected chi connectivity index (χ2v) is 20.0. The van der Waals surface area contributed by atoms with E-state index < -0.39 is 24.1 Å². The van der Waals surface area contributed by atoms with Gasteiger partial charge in [-0.25, -0.2) is 14.2 Å². The number of alkyl carbamates (subject to hydrolysis) is 1. The number of cyclic esters (lactones) is 1. The van der Waals surface area contributed by atoms with E-state index in [0.29, 0.717) is 82.8 Å². The van der Waals surface area contributed by atoms with Crippen LogP contribution in [0, 0.1) is 49.8 Å². The number of benzene rings is 2. The number of esters is 1. The number of aliphatic hydroxyl groups excluding tert-OH is 1. The quantitative estimate of drug-likeness (QED) is 0.0337. The molecule has 6 heterocycles. The van der Waals surface area contributed by atoms with E-state index in [0.717, 1.165) is 85.7 Å². The van der Waals surface area contributed by atoms with E-state index >= 15 is 4.39 Å². The molecule has 3 amide bonds. The average Bonchev–Trinajstić information content (AvgIpc) is 1.50. The molecule has 3 aliphatic heterocycles. The van der Waals surface area contributed by atoms with Crippen molar-refractivity contribution in [1.82, 2.24) is 40.7 Å². The molecular formula is C63H92FN10O11U-. The zero-order chi connectivity index (χ0) is 63.8. The number of hydroxylamine groups is 1. The summed E-state index contributed by atoms with van der Waals surface area (Å²) in [7, 11) is 7.93. The topological polar surface area (TPSA) is 276 Å². The number of aliphatic hydroxyl groups is 1. The third-order valence-corrected chi connectivity index (χ3v) is 13.3. The SMILES string of the molecule is CC.CC(C)C.CCC1C(=O)OCc2c1cc1n(c2=O)Cc2c-1nc1cc(F)c(C)c3c1c2C(NC(=O)OCc1ccc(O[N-]C)cc1)CC3.CCC=O.CCNC.CNCC=O.CNc1cnccc1C(=O)NC(C)C(=O)N1CCCC1.CO.[U]. The van der Waals surface area contributed by atoms with Crippen molar-refractivity contribution in [3.05, 3.63) is 121 Å². The van der Waals surface area contributed by atoms with Crippen molar-refractivity contribution < 1.29 is 83.7 Å². The third-order valence-electron chi connectivity index (χ3n) is 13.3. The molecule has 0 bridgehead atoms. The maximum absolute atomic E-state index is 15.1. The van der Waals surface area contributed by atoms with E-state index in [1.807, 2.05) is 40.8 Å². The summed E-state index contributed by atoms with van der Waals surface area (Å²) in [5, 5.41) is 22.1. The van der Waals surface area contributed by atoms with E-state index in [9.17, 15) is 33.6 Å². The minimum Gasteiger partial charge on any atom is -0.587 e. The Morgan fingerprint density at radius 2 is 1.56 bits per heavy atom. The molecule has 1 aliphatic carbocycles. The molecule has 1 saturated heterocycles. The maximum atomic E-state index is 15.1. The molecule has 5 aromatic rings. The van der Waals surface area contributed by atoms with Gasteiger partial charge >= 0.3 is 12.1 Å². The largest absolute Gasteiger partial charge is 0.587 e. The number of carbonyl (C=O) groups excluding carboxylic acids is 6. The van der Waals surface area contributed by atoms with Crippen LogP contribution >= 0.6 is 0 Å². The molecule has 3 atom stereocenters. The van der Waals surface area contributed by atoms with Gasteiger partial charge in [0.25, 0.3) is 11.5 Å². The molecule has 23 heteroatoms. The zero-order valence-electron chi connectivity index (χ0n) is 53.0. The molecule has 4 aliphatic rings. The molecule has 472 valence electrons. The van der Waals surface area contributed by atoms with Gasteiger partial charge in [-0.1, -0.05) is 67.5 Å². The van der Waals surface area contributed by atoms with Gasteiger partial charge < -0.3 is 70.5 Å². The minimum atomic E-state index is -0.593. The first-order valence-corrected chi connectivity index (χ1v) is 29.1. The van der Waals surface area contributed by atoms with Crippen molar-refractivity contribution in [2.75, 3.05) is 66.8 Å². The van der Waals surface area contributed by atoms with Crippen molar-refractivity contribution in [3.8, 4) is 17.1 Å². The summed E-state index contributed by atoms with van der Waals surface area (Å²) in [6, 6.07) is 11.0. The Balaban J connectivity index is 0.000000727. The van der Waals surface area contributed by atoms with Crippen LogP contribution in [0.5, 0.6) is 5.75 Å². The number of rotatable bonds is 14. The standard InChI is InChI=1S/C33H30FN4O6.C14H20N4O2.C4H10.C3H7NO.C3H9N.C3H6O.C2H6.CH4O.U/c1-4-19-21-11-27-30-22(13-38(27)31(39)23(21)15-42-32(19)40)29-25(10-9-20-16(2)24(34)12-26(36-30)28(20)29)37-33(41)43-14-17-5-7-18(8-6-17)44-35-3;1-10(14(20)18-7-3-4-8-18)17-13(19)11-5-6-16-9-12(11)15-2;1-4(2)3;1-4-2-3-5;1-3-4-2;1-2-3-4;2*1-2;/h5-8,11-12,19,25H,4,9-10,13-15H2,1-3H3,(H,37,41);5-6,9-10,15H,3-4,7-8H2,1-2H3,(H,17,19);4H,1-3H3;3-4H,2H2,1H3;4H,3H2,1-2H3;3H,2H2,1H3;1-2H3;2H,1H3;/q-1;;;;;;;;. The number of ether oxygens (including phenoxy) is 2. The van der Waals surface area contributed by atoms with Gasteiger partial charge in [-0.3, -0.25) is 24.2 Å². The number of aldehydes is 2. The Morgan fingerprint density at radius 3 is 2.09 bits per heavy atom. The Hall–Kier alpha value is -6.61. The molecule has 0 saturated carbocycles. The number of carbonyl (C=O) groups is 6. The van der Waals surface area contributed by atoms with Gasteiger partial charge in [-0.15, -0.1) is 7.05 Å². The maximum Gasteiger partial charge on any atom is 0.407 e. The van der Waals surface area contributed by atoms with Gasteiger partial charge in [0.05, 0.1) is 65.0 Å². The molecule has 1 fully saturated rings. The summed E-state index contributed by atoms with van der Waals surface area (Å²) in [6.07, 6.45) is 8.52. The number of anilines is 1. The minimum absolute atomic E-state index is 0. The fraction of sp³-hybridized carbons (Fsp3) is 0.508. The molecule has 0 radical (unpaired) electrons. The normalized spacial score (nSPS) is 14.4. The van der Waals surface area contributed by atoms with Gasteiger partial charge in [0.2, 0.25) is 5.91 Å². The number of aryl methyl sites for hydroxylation is 1. The summed E-state index contributed by atoms with van der Waals surface area (Å²) in [4.78, 5) is 98.0. The van der Waals surface area contributed by atoms with E-state index in [-0.39, 0.29) is 80.0 Å². The van der Waals surface area contributed by atoms with Gasteiger partial charge in [-0.2, -0.15) is 0 Å². The van der Waals surface area contributed by atoms with Crippen LogP contribution in [-0.4, -0.2) is 129 Å². The predicted octanol–water partition coefficient (Wildman–Crippen LogP) is 9.02. The second kappa shape index (κ2) is 41.5. The molecule has 3 unspecified atom stereocenters. The monoisotopic (exact) mass is 1420 g/mol. The van der Waals surface area contributed by atoms with Crippen LogP contribution in [0.1, 0.15) is 156 Å². The van der Waals surface area contributed by atoms with E-state index in [2.05, 4.69) is 64.7 Å². The van der Waals surface area contributed by atoms with Crippen molar-refractivity contribution >= 4 is 53.0 Å². The van der Waals surface area contributed by atoms with E-state index in [1.165, 1.54) is 13.1 Å². The second-order valence-electron chi connectivity index (χ2n) is 20.0. The Morgan fingerprint density at radius 1 is 0.930 bits per heavy atom. The van der Waals surface area contributed by atoms with Crippen LogP contribution in [0.15, 0.2) is 59.7 Å². The number of aromatic nitrogens is 3. The summed E-state index contributed by atoms with van der Waals surface area (Å²) in [6.45, 7) is 23.1. The van der Waals surface area contributed by atoms with Crippen LogP contribution in [0.4, 0.5) is 14.9 Å². The molecule has 0 spiro atoms. The summed E-state index contributed by atoms with van der Waals surface area (Å²) in [5.74, 6) is -0.117. The van der Waals surface area contributed by atoms with Crippen LogP contribution in [0.2, 0.25) is 0 Å². The Kier molecular flexibility index (Phi) is 37.3. The van der Waals surface area contributed by atoms with Gasteiger partial charge in [0.1, 0.15) is 43.4 Å². The molecule has 2 aromatic carbocycles. The molecule has 9 rings (SSSR count). The molecule has 86 heavy (non-hydrogen) atoms. The fourth-order valence-corrected chi connectivity index (χ4v) is 9.23. The Bertz CT molecular complexity index is 2990. The molecule has 21 nitrogen and oxygen atoms in total. The third kappa shape index (κ3) is 22.0. The number of amides is 3. The summed E-state index contributed by atoms with van der Waals surface area (Å²) >= 11 is 0. The predicted molar refractivity (Wildman–Crippen MR) is 331 cm³/mol. The number of hydrogen-bond donors (Lipinski definition) is 6. The average molecular weight is 1420 g/mol. The van der Waals surface area contributed by atoms with Crippen molar-refractivity contribution in [2.24, 2.45) is 5.92 Å². The number of likely N-dealkylation sites (tertiary alicyclic amines) is 1. The number of nitrogens with zero attached hydrogens (tertiary/aromatic N) is 5. The van der Waals surface area contributed by atoms with Gasteiger partial charge in [0, 0.05) is 88.0 Å². The van der Waals surface area contributed by atoms with Crippen LogP contribution < -0.4 is 37.0 Å². The summed E-state index contributed by atoms with van der Waals surface area (Å²) < 4.78 is 27.7. The number of likely N-dealkylation sites (N-methyl/N-ethyl adjacent to an activating group) is 1. The molecule has 3 aromatic heterocycles. The summed E-state index contributed by atoms with van der Waals surface area (Å²) in [5.41, 5.74) is 11.0. The number of hydrogen-bond acceptors (Lipinski definition) is 16. The zero-order valence-corrected chi connectivity index (χ0v) is 57.2. The first kappa shape index (κ1) is 77.4. The van der Waals surface area contributed by atoms with Gasteiger partial charge in [0.15, 0.2) is 0 Å². The van der Waals surface area contributed by atoms with Crippen molar-refractivity contribution in [3.63, 3.8) is 0 Å². The Labute approximate surface area is 530 Å². The van der Waals surface area contributed by atoms with Crippen LogP contribution in [0.3, 0.4) is 0 Å². The first-order valence-electron chi connectivity index (χ1n) is 29.1. The number of pyridine rings is 3. The number of fused-ring (bicyclic) bond motifs is 5. The first-order chi connectivity index (χ1) is 40.9. The van der Waals surface area contributed by atoms with Gasteiger partial charge in [-0.05, 0) is 125 Å².